The normalized spacial score (nSPS) is 15.3. The first-order valence-electron chi connectivity index (χ1n) is 9.47. The number of aromatic nitrogens is 3. The number of benzene rings is 1. The molecule has 1 aliphatic rings. The van der Waals surface area contributed by atoms with Gasteiger partial charge in [0, 0.05) is 31.7 Å². The molecule has 4 rings (SSSR count). The molecule has 1 fully saturated rings. The number of carbonyl (C=O) groups excluding carboxylic acids is 2. The van der Waals surface area contributed by atoms with Gasteiger partial charge in [-0.25, -0.2) is 9.07 Å². The predicted molar refractivity (Wildman–Crippen MR) is 102 cm³/mol. The Labute approximate surface area is 171 Å². The van der Waals surface area contributed by atoms with Crippen molar-refractivity contribution in [3.8, 4) is 0 Å². The van der Waals surface area contributed by atoms with Gasteiger partial charge in [0.1, 0.15) is 11.9 Å². The van der Waals surface area contributed by atoms with Gasteiger partial charge in [-0.3, -0.25) is 9.59 Å². The quantitative estimate of drug-likeness (QED) is 0.677. The van der Waals surface area contributed by atoms with Crippen LogP contribution in [0.4, 0.5) is 4.39 Å². The number of rotatable bonds is 5. The van der Waals surface area contributed by atoms with Crippen LogP contribution in [0, 0.1) is 5.82 Å². The number of carbonyl (C=O) groups is 2. The molecular formula is C20H20FN5O4. The van der Waals surface area contributed by atoms with Gasteiger partial charge in [-0.1, -0.05) is 23.4 Å². The molecule has 3 aromatic rings. The Balaban J connectivity index is 1.34. The number of aliphatic hydroxyl groups is 1. The molecule has 1 aliphatic heterocycles. The van der Waals surface area contributed by atoms with Gasteiger partial charge in [0.15, 0.2) is 11.5 Å². The van der Waals surface area contributed by atoms with Crippen LogP contribution in [0.5, 0.6) is 0 Å². The molecule has 3 heterocycles. The van der Waals surface area contributed by atoms with Crippen LogP contribution in [0.2, 0.25) is 0 Å². The highest BCUT2D eigenvalue weighted by molar-refractivity contribution is 5.93. The van der Waals surface area contributed by atoms with E-state index < -0.39 is 11.9 Å². The molecule has 10 heteroatoms. The van der Waals surface area contributed by atoms with Crippen molar-refractivity contribution in [2.24, 2.45) is 0 Å². The summed E-state index contributed by atoms with van der Waals surface area (Å²) in [6.45, 7) is 1.44. The molecule has 0 saturated carbocycles. The van der Waals surface area contributed by atoms with E-state index in [4.69, 9.17) is 4.42 Å². The van der Waals surface area contributed by atoms with Gasteiger partial charge in [0.05, 0.1) is 19.0 Å². The lowest BCUT2D eigenvalue weighted by molar-refractivity contribution is 0.0515. The number of aliphatic hydroxyl groups excluding tert-OH is 1. The summed E-state index contributed by atoms with van der Waals surface area (Å²) in [6.07, 6.45) is 1.75. The first-order chi connectivity index (χ1) is 14.5. The third-order valence-electron chi connectivity index (χ3n) is 4.97. The lowest BCUT2D eigenvalue weighted by Gasteiger charge is -2.33. The van der Waals surface area contributed by atoms with Crippen LogP contribution >= 0.6 is 0 Å². The first kappa shape index (κ1) is 19.8. The molecule has 2 aromatic heterocycles. The van der Waals surface area contributed by atoms with E-state index in [0.29, 0.717) is 26.2 Å². The summed E-state index contributed by atoms with van der Waals surface area (Å²) in [5, 5.41) is 18.0. The summed E-state index contributed by atoms with van der Waals surface area (Å²) >= 11 is 0. The second-order valence-corrected chi connectivity index (χ2v) is 6.92. The van der Waals surface area contributed by atoms with Crippen LogP contribution in [-0.4, -0.2) is 67.9 Å². The van der Waals surface area contributed by atoms with Gasteiger partial charge < -0.3 is 19.3 Å². The predicted octanol–water partition coefficient (Wildman–Crippen LogP) is 1.34. The van der Waals surface area contributed by atoms with Crippen LogP contribution in [0.15, 0.2) is 53.3 Å². The minimum atomic E-state index is -1.12. The minimum Gasteiger partial charge on any atom is -0.459 e. The molecule has 9 nitrogen and oxygen atoms in total. The topological polar surface area (TPSA) is 105 Å². The molecule has 0 unspecified atom stereocenters. The maximum atomic E-state index is 13.8. The molecular weight excluding hydrogens is 393 g/mol. The molecule has 156 valence electrons. The summed E-state index contributed by atoms with van der Waals surface area (Å²) in [5.41, 5.74) is 0.278. The van der Waals surface area contributed by atoms with Crippen LogP contribution in [0.3, 0.4) is 0 Å². The third kappa shape index (κ3) is 4.08. The molecule has 0 radical (unpaired) electrons. The molecule has 0 spiro atoms. The van der Waals surface area contributed by atoms with Crippen molar-refractivity contribution in [1.82, 2.24) is 24.8 Å². The second-order valence-electron chi connectivity index (χ2n) is 6.92. The highest BCUT2D eigenvalue weighted by Gasteiger charge is 2.28. The standard InChI is InChI=1S/C20H20FN5O4/c21-15-5-2-1-4-14(15)17(27)13-26-12-16(22-23-26)19(28)24-7-9-25(10-8-24)20(29)18-6-3-11-30-18/h1-6,11-12,17,27H,7-10,13H2/t17-/m0/s1. The van der Waals surface area contributed by atoms with E-state index in [0.717, 1.165) is 0 Å². The monoisotopic (exact) mass is 413 g/mol. The molecule has 1 N–H and O–H groups in total. The van der Waals surface area contributed by atoms with Crippen molar-refractivity contribution in [1.29, 1.82) is 0 Å². The van der Waals surface area contributed by atoms with Crippen molar-refractivity contribution in [2.45, 2.75) is 12.6 Å². The zero-order chi connectivity index (χ0) is 21.1. The van der Waals surface area contributed by atoms with E-state index in [-0.39, 0.29) is 35.4 Å². The third-order valence-corrected chi connectivity index (χ3v) is 4.97. The molecule has 2 amide bonds. The smallest absolute Gasteiger partial charge is 0.289 e. The van der Waals surface area contributed by atoms with Gasteiger partial charge in [-0.2, -0.15) is 0 Å². The molecule has 0 bridgehead atoms. The first-order valence-corrected chi connectivity index (χ1v) is 9.47. The van der Waals surface area contributed by atoms with Crippen molar-refractivity contribution in [2.75, 3.05) is 26.2 Å². The number of hydrogen-bond donors (Lipinski definition) is 1. The number of hydrogen-bond acceptors (Lipinski definition) is 6. The highest BCUT2D eigenvalue weighted by atomic mass is 19.1. The van der Waals surface area contributed by atoms with Gasteiger partial charge >= 0.3 is 0 Å². The summed E-state index contributed by atoms with van der Waals surface area (Å²) in [6, 6.07) is 9.19. The molecule has 1 saturated heterocycles. The Bertz CT molecular complexity index is 1030. The minimum absolute atomic E-state index is 0.0351. The average molecular weight is 413 g/mol. The zero-order valence-electron chi connectivity index (χ0n) is 16.0. The number of piperazine rings is 1. The summed E-state index contributed by atoms with van der Waals surface area (Å²) in [4.78, 5) is 28.2. The molecule has 0 aliphatic carbocycles. The fourth-order valence-corrected chi connectivity index (χ4v) is 3.34. The Morgan fingerprint density at radius 1 is 1.07 bits per heavy atom. The van der Waals surface area contributed by atoms with Crippen LogP contribution in [-0.2, 0) is 6.54 Å². The highest BCUT2D eigenvalue weighted by Crippen LogP contribution is 2.18. The van der Waals surface area contributed by atoms with E-state index in [1.54, 1.807) is 34.1 Å². The summed E-state index contributed by atoms with van der Waals surface area (Å²) in [7, 11) is 0. The fraction of sp³-hybridized carbons (Fsp3) is 0.300. The van der Waals surface area contributed by atoms with Crippen LogP contribution in [0.1, 0.15) is 32.7 Å². The average Bonchev–Trinajstić information content (AvgIpc) is 3.45. The molecule has 1 aromatic carbocycles. The molecule has 30 heavy (non-hydrogen) atoms. The summed E-state index contributed by atoms with van der Waals surface area (Å²) < 4.78 is 20.2. The number of halogens is 1. The second kappa shape index (κ2) is 8.46. The van der Waals surface area contributed by atoms with Crippen LogP contribution < -0.4 is 0 Å². The maximum Gasteiger partial charge on any atom is 0.289 e. The lowest BCUT2D eigenvalue weighted by Crippen LogP contribution is -2.50. The van der Waals surface area contributed by atoms with Gasteiger partial charge in [0.25, 0.3) is 11.8 Å². The Kier molecular flexibility index (Phi) is 5.57. The van der Waals surface area contributed by atoms with E-state index in [1.807, 2.05) is 0 Å². The van der Waals surface area contributed by atoms with Crippen molar-refractivity contribution in [3.63, 3.8) is 0 Å². The molecule has 1 atom stereocenters. The van der Waals surface area contributed by atoms with Gasteiger partial charge in [-0.05, 0) is 18.2 Å². The summed E-state index contributed by atoms with van der Waals surface area (Å²) in [5.74, 6) is -0.763. The number of amides is 2. The number of furan rings is 1. The van der Waals surface area contributed by atoms with E-state index in [9.17, 15) is 19.1 Å². The van der Waals surface area contributed by atoms with Gasteiger partial charge in [-0.15, -0.1) is 5.10 Å². The van der Waals surface area contributed by atoms with E-state index in [1.165, 1.54) is 29.3 Å². The maximum absolute atomic E-state index is 13.8. The largest absolute Gasteiger partial charge is 0.459 e. The zero-order valence-corrected chi connectivity index (χ0v) is 16.0. The number of nitrogens with zero attached hydrogens (tertiary/aromatic N) is 5. The van der Waals surface area contributed by atoms with Crippen molar-refractivity contribution >= 4 is 11.8 Å². The Hall–Kier alpha value is -3.53. The fourth-order valence-electron chi connectivity index (χ4n) is 3.34. The van der Waals surface area contributed by atoms with Crippen molar-refractivity contribution < 1.29 is 23.5 Å². The Morgan fingerprint density at radius 3 is 2.43 bits per heavy atom. The van der Waals surface area contributed by atoms with E-state index in [2.05, 4.69) is 10.3 Å². The van der Waals surface area contributed by atoms with Crippen LogP contribution in [0.25, 0.3) is 0 Å². The Morgan fingerprint density at radius 2 is 1.77 bits per heavy atom. The van der Waals surface area contributed by atoms with Gasteiger partial charge in [0.2, 0.25) is 0 Å². The van der Waals surface area contributed by atoms with E-state index >= 15 is 0 Å². The SMILES string of the molecule is O=C(c1cn(C[C@H](O)c2ccccc2F)nn1)N1CCN(C(=O)c2ccco2)CC1. The lowest BCUT2D eigenvalue weighted by atomic mass is 10.1. The van der Waals surface area contributed by atoms with Crippen molar-refractivity contribution in [3.05, 3.63) is 71.7 Å².